The number of carbonyl (C=O) groups excluding carboxylic acids is 1. The van der Waals surface area contributed by atoms with Crippen LogP contribution >= 0.6 is 11.6 Å². The molecule has 30 heavy (non-hydrogen) atoms. The lowest BCUT2D eigenvalue weighted by Gasteiger charge is -2.14. The number of halogens is 2. The van der Waals surface area contributed by atoms with Gasteiger partial charge in [-0.15, -0.1) is 0 Å². The third-order valence-electron chi connectivity index (χ3n) is 4.26. The molecule has 5 N–H and O–H groups in total. The van der Waals surface area contributed by atoms with Crippen molar-refractivity contribution in [3.63, 3.8) is 0 Å². The van der Waals surface area contributed by atoms with Crippen LogP contribution in [0.2, 0.25) is 5.02 Å². The lowest BCUT2D eigenvalue weighted by atomic mass is 10.1. The number of oxime groups is 1. The van der Waals surface area contributed by atoms with Crippen LogP contribution in [-0.4, -0.2) is 34.7 Å². The van der Waals surface area contributed by atoms with Crippen LogP contribution in [0.4, 0.5) is 4.39 Å². The smallest absolute Gasteiger partial charge is 0.256 e. The van der Waals surface area contributed by atoms with E-state index in [0.29, 0.717) is 5.58 Å². The summed E-state index contributed by atoms with van der Waals surface area (Å²) in [5.74, 6) is -1.76. The third kappa shape index (κ3) is 4.32. The Hall–Kier alpha value is -3.30. The van der Waals surface area contributed by atoms with Crippen molar-refractivity contribution >= 4 is 34.3 Å². The number of nitrogens with two attached hydrogens (primary N) is 1. The van der Waals surface area contributed by atoms with Crippen LogP contribution in [0.1, 0.15) is 24.4 Å². The molecule has 3 rings (SSSR count). The van der Waals surface area contributed by atoms with Gasteiger partial charge in [0.2, 0.25) is 0 Å². The normalized spacial score (nSPS) is 14.2. The van der Waals surface area contributed by atoms with E-state index in [9.17, 15) is 14.3 Å². The number of aliphatic hydroxyl groups is 1. The average Bonchev–Trinajstić information content (AvgIpc) is 3.05. The maximum absolute atomic E-state index is 14.2. The molecule has 158 valence electrons. The second-order valence-electron chi connectivity index (χ2n) is 6.23. The van der Waals surface area contributed by atoms with E-state index in [1.165, 1.54) is 37.3 Å². The maximum Gasteiger partial charge on any atom is 0.256 e. The van der Waals surface area contributed by atoms with E-state index in [2.05, 4.69) is 10.5 Å². The number of aliphatic hydroxyl groups excluding tert-OH is 1. The molecule has 0 spiro atoms. The van der Waals surface area contributed by atoms with E-state index in [4.69, 9.17) is 34.4 Å². The highest BCUT2D eigenvalue weighted by molar-refractivity contribution is 6.31. The molecule has 0 saturated heterocycles. The van der Waals surface area contributed by atoms with Crippen LogP contribution in [0.3, 0.4) is 0 Å². The molecule has 2 aromatic carbocycles. The number of furan rings is 1. The number of amides is 1. The predicted octanol–water partition coefficient (Wildman–Crippen LogP) is 2.95. The minimum Gasteiger partial charge on any atom is -0.489 e. The van der Waals surface area contributed by atoms with E-state index in [1.807, 2.05) is 0 Å². The Kier molecular flexibility index (Phi) is 5.62. The number of hydrogen-bond donors (Lipinski definition) is 4. The van der Waals surface area contributed by atoms with Crippen molar-refractivity contribution in [2.45, 2.75) is 19.5 Å². The summed E-state index contributed by atoms with van der Waals surface area (Å²) >= 11 is 5.96. The van der Waals surface area contributed by atoms with Gasteiger partial charge in [0.25, 0.3) is 5.91 Å². The molecule has 1 aromatic heterocycles. The molecule has 0 aliphatic carbocycles. The number of aryl methyl sites for hydroxylation is 1. The summed E-state index contributed by atoms with van der Waals surface area (Å²) in [6.07, 6.45) is 0. The van der Waals surface area contributed by atoms with Crippen LogP contribution in [-0.2, 0) is 6.56 Å². The van der Waals surface area contributed by atoms with Crippen molar-refractivity contribution < 1.29 is 31.4 Å². The molecular weight excluding hydrogens is 417 g/mol. The molecule has 0 saturated carbocycles. The van der Waals surface area contributed by atoms with Crippen LogP contribution in [0.5, 0.6) is 5.75 Å². The van der Waals surface area contributed by atoms with Gasteiger partial charge in [-0.1, -0.05) is 22.8 Å². The Balaban J connectivity index is 1.98. The lowest BCUT2D eigenvalue weighted by molar-refractivity contribution is 0.0932. The Morgan fingerprint density at radius 1 is 1.47 bits per heavy atom. The number of nitrogens with zero attached hydrogens (tertiary/aromatic N) is 1. The van der Waals surface area contributed by atoms with Crippen molar-refractivity contribution in [1.82, 2.24) is 5.32 Å². The number of benzene rings is 2. The highest BCUT2D eigenvalue weighted by Crippen LogP contribution is 2.30. The van der Waals surface area contributed by atoms with Crippen molar-refractivity contribution in [1.29, 1.82) is 0 Å². The van der Waals surface area contributed by atoms with Gasteiger partial charge in [0.15, 0.2) is 5.84 Å². The highest BCUT2D eigenvalue weighted by atomic mass is 35.5. The molecule has 1 atom stereocenters. The van der Waals surface area contributed by atoms with Crippen LogP contribution in [0, 0.1) is 12.7 Å². The largest absolute Gasteiger partial charge is 0.489 e. The Bertz CT molecular complexity index is 1180. The molecule has 1 amide bonds. The first-order chi connectivity index (χ1) is 15.1. The van der Waals surface area contributed by atoms with Crippen molar-refractivity contribution in [3.05, 3.63) is 64.1 Å². The van der Waals surface area contributed by atoms with Gasteiger partial charge in [0, 0.05) is 10.9 Å². The minimum absolute atomic E-state index is 0.0215. The van der Waals surface area contributed by atoms with Crippen LogP contribution in [0.15, 0.2) is 46.0 Å². The first kappa shape index (κ1) is 18.7. The first-order valence-corrected chi connectivity index (χ1v) is 9.02. The minimum atomic E-state index is -2.62. The molecule has 3 aromatic rings. The number of hydrogen-bond acceptors (Lipinski definition) is 6. The quantitative estimate of drug-likeness (QED) is 0.194. The van der Waals surface area contributed by atoms with Gasteiger partial charge < -0.3 is 30.5 Å². The molecule has 10 heteroatoms. The molecule has 0 radical (unpaired) electrons. The fourth-order valence-electron chi connectivity index (χ4n) is 2.76. The van der Waals surface area contributed by atoms with Gasteiger partial charge >= 0.3 is 0 Å². The topological polar surface area (TPSA) is 130 Å². The van der Waals surface area contributed by atoms with Gasteiger partial charge in [0.1, 0.15) is 35.5 Å². The molecule has 0 fully saturated rings. The molecular formula is C20H19ClFN3O5. The number of nitrogens with one attached hydrogen (secondary N) is 1. The lowest BCUT2D eigenvalue weighted by Crippen LogP contribution is -2.47. The zero-order valence-corrected chi connectivity index (χ0v) is 16.4. The fraction of sp³-hybridized carbons (Fsp3) is 0.200. The van der Waals surface area contributed by atoms with Crippen molar-refractivity contribution in [3.8, 4) is 5.75 Å². The monoisotopic (exact) mass is 437 g/mol. The van der Waals surface area contributed by atoms with E-state index in [-0.39, 0.29) is 27.5 Å². The molecule has 8 nitrogen and oxygen atoms in total. The van der Waals surface area contributed by atoms with Gasteiger partial charge in [-0.25, -0.2) is 4.39 Å². The number of ether oxygens (including phenoxy) is 1. The van der Waals surface area contributed by atoms with E-state index in [0.717, 1.165) is 6.07 Å². The van der Waals surface area contributed by atoms with Gasteiger partial charge in [-0.2, -0.15) is 0 Å². The molecule has 1 heterocycles. The number of carbonyl (C=O) groups is 1. The number of rotatable bonds is 7. The van der Waals surface area contributed by atoms with Crippen molar-refractivity contribution in [2.24, 2.45) is 10.9 Å². The average molecular weight is 438 g/mol. The van der Waals surface area contributed by atoms with Gasteiger partial charge in [-0.05, 0) is 37.3 Å². The molecule has 1 unspecified atom stereocenters. The van der Waals surface area contributed by atoms with Crippen LogP contribution in [0.25, 0.3) is 11.0 Å². The summed E-state index contributed by atoms with van der Waals surface area (Å²) in [4.78, 5) is 12.8. The molecule has 0 bridgehead atoms. The van der Waals surface area contributed by atoms with E-state index < -0.39 is 42.3 Å². The summed E-state index contributed by atoms with van der Waals surface area (Å²) in [5, 5.41) is 23.5. The first-order valence-electron chi connectivity index (χ1n) is 9.64. The van der Waals surface area contributed by atoms with Gasteiger partial charge in [-0.3, -0.25) is 4.79 Å². The van der Waals surface area contributed by atoms with Crippen LogP contribution < -0.4 is 15.8 Å². The number of amidine groups is 1. The Morgan fingerprint density at radius 2 is 2.23 bits per heavy atom. The predicted molar refractivity (Wildman–Crippen MR) is 108 cm³/mol. The summed E-state index contributed by atoms with van der Waals surface area (Å²) < 4.78 is 41.5. The van der Waals surface area contributed by atoms with Gasteiger partial charge in [0.05, 0.1) is 19.9 Å². The maximum atomic E-state index is 14.2. The number of fused-ring (bicyclic) bond motifs is 1. The van der Waals surface area contributed by atoms with E-state index in [1.54, 1.807) is 0 Å². The Morgan fingerprint density at radius 3 is 2.90 bits per heavy atom. The SMILES string of the molecule is [2H]C([2H])(Oc1ccc2oc(C)c(C(=O)NC(CO)/C(N)=N/O)c2c1)c1c(F)cccc1Cl. The van der Waals surface area contributed by atoms with E-state index >= 15 is 0 Å². The zero-order valence-electron chi connectivity index (χ0n) is 17.6. The Labute approximate surface area is 178 Å². The summed E-state index contributed by atoms with van der Waals surface area (Å²) in [6, 6.07) is 6.81. The molecule has 0 aliphatic heterocycles. The summed E-state index contributed by atoms with van der Waals surface area (Å²) in [7, 11) is 0. The summed E-state index contributed by atoms with van der Waals surface area (Å²) in [6.45, 7) is -1.70. The second-order valence-corrected chi connectivity index (χ2v) is 6.63. The van der Waals surface area contributed by atoms with Crippen molar-refractivity contribution in [2.75, 3.05) is 6.61 Å². The third-order valence-corrected chi connectivity index (χ3v) is 4.57. The molecule has 0 aliphatic rings. The second kappa shape index (κ2) is 9.02. The fourth-order valence-corrected chi connectivity index (χ4v) is 2.96. The standard InChI is InChI=1S/C20H19ClFN3O5/c1-10-18(20(27)24-16(8-26)19(23)25-28)12-7-11(5-6-17(12)30-10)29-9-13-14(21)3-2-4-15(13)22/h2-7,16,26,28H,8-9H2,1H3,(H2,23,25)(H,24,27)/i9D2. The highest BCUT2D eigenvalue weighted by Gasteiger charge is 2.23. The summed E-state index contributed by atoms with van der Waals surface area (Å²) in [5.41, 5.74) is 5.36. The zero-order chi connectivity index (χ0) is 23.6.